The summed E-state index contributed by atoms with van der Waals surface area (Å²) in [5.74, 6) is 1.59. The molecule has 3 heteroatoms. The summed E-state index contributed by atoms with van der Waals surface area (Å²) < 4.78 is 6.56. The van der Waals surface area contributed by atoms with Gasteiger partial charge in [-0.15, -0.1) is 0 Å². The second-order valence-electron chi connectivity index (χ2n) is 4.23. The van der Waals surface area contributed by atoms with Gasteiger partial charge in [0.25, 0.3) is 0 Å². The van der Waals surface area contributed by atoms with Gasteiger partial charge in [0, 0.05) is 16.1 Å². The average molecular weight is 300 g/mol. The van der Waals surface area contributed by atoms with Crippen molar-refractivity contribution in [2.45, 2.75) is 32.7 Å². The van der Waals surface area contributed by atoms with Crippen LogP contribution in [0.5, 0.6) is 5.75 Å². The monoisotopic (exact) mass is 299 g/mol. The van der Waals surface area contributed by atoms with E-state index in [1.165, 1.54) is 5.56 Å². The van der Waals surface area contributed by atoms with Crippen molar-refractivity contribution in [3.63, 3.8) is 0 Å². The predicted octanol–water partition coefficient (Wildman–Crippen LogP) is 4.15. The maximum Gasteiger partial charge on any atom is 0.123 e. The van der Waals surface area contributed by atoms with Crippen molar-refractivity contribution in [2.75, 3.05) is 14.2 Å². The zero-order chi connectivity index (χ0) is 12.8. The van der Waals surface area contributed by atoms with E-state index in [1.54, 1.807) is 7.11 Å². The lowest BCUT2D eigenvalue weighted by Gasteiger charge is -2.27. The summed E-state index contributed by atoms with van der Waals surface area (Å²) >= 11 is 3.53. The Morgan fingerprint density at radius 3 is 2.41 bits per heavy atom. The van der Waals surface area contributed by atoms with Crippen LogP contribution in [0.4, 0.5) is 0 Å². The fraction of sp³-hybridized carbons (Fsp3) is 0.571. The Hall–Kier alpha value is -0.540. The normalized spacial score (nSPS) is 12.8. The summed E-state index contributed by atoms with van der Waals surface area (Å²) in [7, 11) is 3.75. The van der Waals surface area contributed by atoms with Gasteiger partial charge in [0.1, 0.15) is 5.75 Å². The molecule has 0 saturated carbocycles. The quantitative estimate of drug-likeness (QED) is 0.852. The number of ether oxygens (including phenoxy) is 1. The Balaban J connectivity index is 3.13. The summed E-state index contributed by atoms with van der Waals surface area (Å²) in [6.45, 7) is 4.48. The molecule has 1 aromatic carbocycles. The van der Waals surface area contributed by atoms with Crippen molar-refractivity contribution in [3.8, 4) is 5.75 Å². The van der Waals surface area contributed by atoms with Crippen LogP contribution in [0.1, 0.15) is 38.3 Å². The molecule has 0 aliphatic rings. The molecule has 0 saturated heterocycles. The minimum Gasteiger partial charge on any atom is -0.496 e. The van der Waals surface area contributed by atoms with Crippen molar-refractivity contribution >= 4 is 15.9 Å². The van der Waals surface area contributed by atoms with Crippen LogP contribution in [0.15, 0.2) is 22.7 Å². The molecule has 2 nitrogen and oxygen atoms in total. The lowest BCUT2D eigenvalue weighted by atomic mass is 9.88. The van der Waals surface area contributed by atoms with Gasteiger partial charge in [0.05, 0.1) is 7.11 Å². The number of methoxy groups -OCH3 is 1. The van der Waals surface area contributed by atoms with Crippen molar-refractivity contribution < 1.29 is 4.74 Å². The Bertz CT molecular complexity index is 350. The highest BCUT2D eigenvalue weighted by molar-refractivity contribution is 9.10. The van der Waals surface area contributed by atoms with E-state index in [0.717, 1.165) is 23.1 Å². The molecule has 1 aromatic rings. The summed E-state index contributed by atoms with van der Waals surface area (Å²) in [6, 6.07) is 6.53. The number of hydrogen-bond acceptors (Lipinski definition) is 2. The van der Waals surface area contributed by atoms with Crippen molar-refractivity contribution in [3.05, 3.63) is 28.2 Å². The van der Waals surface area contributed by atoms with Crippen LogP contribution in [0.25, 0.3) is 0 Å². The SMILES string of the molecule is CCC(CC)C(NC)c1cc(Br)ccc1OC. The molecular weight excluding hydrogens is 278 g/mol. The molecule has 1 rings (SSSR count). The number of rotatable bonds is 6. The van der Waals surface area contributed by atoms with Gasteiger partial charge in [0.2, 0.25) is 0 Å². The number of nitrogens with one attached hydrogen (secondary N) is 1. The Morgan fingerprint density at radius 2 is 1.94 bits per heavy atom. The van der Waals surface area contributed by atoms with Gasteiger partial charge in [-0.25, -0.2) is 0 Å². The van der Waals surface area contributed by atoms with Crippen LogP contribution in [-0.2, 0) is 0 Å². The van der Waals surface area contributed by atoms with E-state index in [-0.39, 0.29) is 0 Å². The standard InChI is InChI=1S/C14H22BrNO/c1-5-10(6-2)14(16-3)12-9-11(15)7-8-13(12)17-4/h7-10,14,16H,5-6H2,1-4H3. The molecule has 0 aliphatic carbocycles. The molecule has 0 bridgehead atoms. The second-order valence-corrected chi connectivity index (χ2v) is 5.14. The zero-order valence-electron chi connectivity index (χ0n) is 11.1. The van der Waals surface area contributed by atoms with Gasteiger partial charge in [-0.3, -0.25) is 0 Å². The molecule has 1 atom stereocenters. The molecule has 17 heavy (non-hydrogen) atoms. The summed E-state index contributed by atoms with van der Waals surface area (Å²) in [4.78, 5) is 0. The highest BCUT2D eigenvalue weighted by Crippen LogP contribution is 2.34. The molecule has 0 spiro atoms. The van der Waals surface area contributed by atoms with Crippen LogP contribution in [0.3, 0.4) is 0 Å². The third kappa shape index (κ3) is 3.46. The van der Waals surface area contributed by atoms with E-state index in [4.69, 9.17) is 4.74 Å². The minimum atomic E-state index is 0.345. The lowest BCUT2D eigenvalue weighted by Crippen LogP contribution is -2.25. The van der Waals surface area contributed by atoms with Crippen molar-refractivity contribution in [1.29, 1.82) is 0 Å². The van der Waals surface area contributed by atoms with Gasteiger partial charge in [-0.2, -0.15) is 0 Å². The Morgan fingerprint density at radius 1 is 1.29 bits per heavy atom. The maximum atomic E-state index is 5.46. The first-order chi connectivity index (χ1) is 8.17. The molecular formula is C14H22BrNO. The summed E-state index contributed by atoms with van der Waals surface area (Å²) in [5, 5.41) is 3.42. The Kier molecular flexibility index (Phi) is 6.00. The molecule has 0 amide bonds. The molecule has 1 N–H and O–H groups in total. The second kappa shape index (κ2) is 7.02. The van der Waals surface area contributed by atoms with E-state index in [1.807, 2.05) is 19.2 Å². The van der Waals surface area contributed by atoms with E-state index < -0.39 is 0 Å². The summed E-state index contributed by atoms with van der Waals surface area (Å²) in [5.41, 5.74) is 1.23. The van der Waals surface area contributed by atoms with Gasteiger partial charge in [-0.1, -0.05) is 42.6 Å². The molecule has 0 fully saturated rings. The largest absolute Gasteiger partial charge is 0.496 e. The highest BCUT2D eigenvalue weighted by Gasteiger charge is 2.22. The van der Waals surface area contributed by atoms with Crippen LogP contribution >= 0.6 is 15.9 Å². The van der Waals surface area contributed by atoms with Crippen molar-refractivity contribution in [1.82, 2.24) is 5.32 Å². The molecule has 96 valence electrons. The first-order valence-electron chi connectivity index (χ1n) is 6.18. The molecule has 0 radical (unpaired) electrons. The van der Waals surface area contributed by atoms with Crippen LogP contribution in [-0.4, -0.2) is 14.2 Å². The van der Waals surface area contributed by atoms with Gasteiger partial charge in [0.15, 0.2) is 0 Å². The smallest absolute Gasteiger partial charge is 0.123 e. The third-order valence-electron chi connectivity index (χ3n) is 3.36. The average Bonchev–Trinajstić information content (AvgIpc) is 2.35. The molecule has 0 heterocycles. The third-order valence-corrected chi connectivity index (χ3v) is 3.85. The maximum absolute atomic E-state index is 5.46. The number of benzene rings is 1. The molecule has 1 unspecified atom stereocenters. The highest BCUT2D eigenvalue weighted by atomic mass is 79.9. The van der Waals surface area contributed by atoms with Crippen LogP contribution in [0, 0.1) is 5.92 Å². The molecule has 0 aliphatic heterocycles. The fourth-order valence-corrected chi connectivity index (χ4v) is 2.73. The van der Waals surface area contributed by atoms with E-state index in [9.17, 15) is 0 Å². The van der Waals surface area contributed by atoms with E-state index in [2.05, 4.69) is 41.2 Å². The van der Waals surface area contributed by atoms with Crippen molar-refractivity contribution in [2.24, 2.45) is 5.92 Å². The zero-order valence-corrected chi connectivity index (χ0v) is 12.7. The van der Waals surface area contributed by atoms with E-state index >= 15 is 0 Å². The van der Waals surface area contributed by atoms with Gasteiger partial charge >= 0.3 is 0 Å². The first-order valence-corrected chi connectivity index (χ1v) is 6.97. The first kappa shape index (κ1) is 14.5. The summed E-state index contributed by atoms with van der Waals surface area (Å²) in [6.07, 6.45) is 2.33. The minimum absolute atomic E-state index is 0.345. The van der Waals surface area contributed by atoms with Crippen LogP contribution < -0.4 is 10.1 Å². The fourth-order valence-electron chi connectivity index (χ4n) is 2.35. The van der Waals surface area contributed by atoms with Gasteiger partial charge < -0.3 is 10.1 Å². The number of halogens is 1. The van der Waals surface area contributed by atoms with E-state index in [0.29, 0.717) is 12.0 Å². The predicted molar refractivity (Wildman–Crippen MR) is 76.6 cm³/mol. The van der Waals surface area contributed by atoms with Gasteiger partial charge in [-0.05, 0) is 31.2 Å². The Labute approximate surface area is 113 Å². The van der Waals surface area contributed by atoms with Crippen LogP contribution in [0.2, 0.25) is 0 Å². The number of hydrogen-bond donors (Lipinski definition) is 1. The lowest BCUT2D eigenvalue weighted by molar-refractivity contribution is 0.340. The topological polar surface area (TPSA) is 21.3 Å². The molecule has 0 aromatic heterocycles.